The van der Waals surface area contributed by atoms with Gasteiger partial charge in [-0.2, -0.15) is 0 Å². The van der Waals surface area contributed by atoms with Crippen LogP contribution in [-0.4, -0.2) is 44.0 Å². The van der Waals surface area contributed by atoms with Gasteiger partial charge in [-0.15, -0.1) is 0 Å². The number of hydrogen-bond donors (Lipinski definition) is 1. The summed E-state index contributed by atoms with van der Waals surface area (Å²) < 4.78 is 11.4. The van der Waals surface area contributed by atoms with E-state index in [2.05, 4.69) is 5.32 Å². The van der Waals surface area contributed by atoms with E-state index in [1.54, 1.807) is 56.6 Å². The Labute approximate surface area is 176 Å². The van der Waals surface area contributed by atoms with E-state index in [1.807, 2.05) is 36.4 Å². The molecule has 0 aromatic heterocycles. The molecule has 0 saturated carbocycles. The summed E-state index contributed by atoms with van der Waals surface area (Å²) in [6, 6.07) is 23.3. The maximum atomic E-state index is 12.7. The fourth-order valence-corrected chi connectivity index (χ4v) is 2.76. The van der Waals surface area contributed by atoms with Gasteiger partial charge in [0.1, 0.15) is 24.7 Å². The minimum absolute atomic E-state index is 0.0932. The average molecular weight is 404 g/mol. The van der Waals surface area contributed by atoms with Crippen molar-refractivity contribution in [2.45, 2.75) is 0 Å². The lowest BCUT2D eigenvalue weighted by atomic mass is 10.1. The minimum atomic E-state index is -0.290. The predicted molar refractivity (Wildman–Crippen MR) is 116 cm³/mol. The van der Waals surface area contributed by atoms with Crippen LogP contribution >= 0.6 is 0 Å². The second-order valence-electron chi connectivity index (χ2n) is 6.74. The first-order valence-corrected chi connectivity index (χ1v) is 9.57. The van der Waals surface area contributed by atoms with E-state index in [1.165, 1.54) is 4.90 Å². The van der Waals surface area contributed by atoms with Crippen LogP contribution in [0.2, 0.25) is 0 Å². The lowest BCUT2D eigenvalue weighted by Crippen LogP contribution is -2.21. The number of carbonyl (C=O) groups is 2. The Morgan fingerprint density at radius 3 is 2.13 bits per heavy atom. The summed E-state index contributed by atoms with van der Waals surface area (Å²) >= 11 is 0. The van der Waals surface area contributed by atoms with Gasteiger partial charge in [-0.05, 0) is 48.5 Å². The first kappa shape index (κ1) is 20.9. The summed E-state index contributed by atoms with van der Waals surface area (Å²) in [6.07, 6.45) is 0. The van der Waals surface area contributed by atoms with Crippen LogP contribution in [-0.2, 0) is 0 Å². The standard InChI is InChI=1S/C24H24N2O4/c1-26(2)24(28)18-12-14-19(15-13-18)25-23(27)21-10-6-7-11-22(21)30-17-16-29-20-8-4-3-5-9-20/h3-15H,16-17H2,1-2H3,(H,25,27). The summed E-state index contributed by atoms with van der Waals surface area (Å²) in [5.74, 6) is 0.861. The molecule has 0 heterocycles. The second kappa shape index (κ2) is 10.1. The van der Waals surface area contributed by atoms with Crippen LogP contribution in [0.15, 0.2) is 78.9 Å². The topological polar surface area (TPSA) is 67.9 Å². The number of nitrogens with zero attached hydrogens (tertiary/aromatic N) is 1. The molecule has 0 fully saturated rings. The third kappa shape index (κ3) is 5.61. The van der Waals surface area contributed by atoms with Gasteiger partial charge in [0, 0.05) is 25.3 Å². The Hall–Kier alpha value is -3.80. The van der Waals surface area contributed by atoms with Crippen LogP contribution in [0.3, 0.4) is 0 Å². The molecule has 2 amide bonds. The molecule has 0 atom stereocenters. The first-order valence-electron chi connectivity index (χ1n) is 9.57. The van der Waals surface area contributed by atoms with E-state index in [9.17, 15) is 9.59 Å². The number of amides is 2. The SMILES string of the molecule is CN(C)C(=O)c1ccc(NC(=O)c2ccccc2OCCOc2ccccc2)cc1. The van der Waals surface area contributed by atoms with Crippen LogP contribution in [0.4, 0.5) is 5.69 Å². The van der Waals surface area contributed by atoms with Crippen molar-refractivity contribution < 1.29 is 19.1 Å². The third-order valence-corrected chi connectivity index (χ3v) is 4.28. The van der Waals surface area contributed by atoms with Crippen molar-refractivity contribution >= 4 is 17.5 Å². The third-order valence-electron chi connectivity index (χ3n) is 4.28. The molecular formula is C24H24N2O4. The van der Waals surface area contributed by atoms with E-state index < -0.39 is 0 Å². The average Bonchev–Trinajstić information content (AvgIpc) is 2.77. The van der Waals surface area contributed by atoms with Gasteiger partial charge >= 0.3 is 0 Å². The molecular weight excluding hydrogens is 380 g/mol. The quantitative estimate of drug-likeness (QED) is 0.574. The molecule has 0 saturated heterocycles. The highest BCUT2D eigenvalue weighted by Gasteiger charge is 2.13. The van der Waals surface area contributed by atoms with E-state index in [-0.39, 0.29) is 11.8 Å². The van der Waals surface area contributed by atoms with Crippen molar-refractivity contribution in [2.24, 2.45) is 0 Å². The van der Waals surface area contributed by atoms with E-state index >= 15 is 0 Å². The Morgan fingerprint density at radius 2 is 1.43 bits per heavy atom. The Kier molecular flexibility index (Phi) is 7.05. The second-order valence-corrected chi connectivity index (χ2v) is 6.74. The van der Waals surface area contributed by atoms with Gasteiger partial charge in [0.15, 0.2) is 0 Å². The molecule has 0 radical (unpaired) electrons. The number of carbonyl (C=O) groups excluding carboxylic acids is 2. The molecule has 3 rings (SSSR count). The fourth-order valence-electron chi connectivity index (χ4n) is 2.76. The lowest BCUT2D eigenvalue weighted by molar-refractivity contribution is 0.0827. The molecule has 30 heavy (non-hydrogen) atoms. The van der Waals surface area contributed by atoms with Gasteiger partial charge in [0.2, 0.25) is 0 Å². The molecule has 3 aromatic carbocycles. The van der Waals surface area contributed by atoms with Crippen molar-refractivity contribution in [1.82, 2.24) is 4.90 Å². The van der Waals surface area contributed by atoms with Crippen LogP contribution in [0.1, 0.15) is 20.7 Å². The summed E-state index contributed by atoms with van der Waals surface area (Å²) in [5.41, 5.74) is 1.57. The zero-order chi connectivity index (χ0) is 21.3. The van der Waals surface area contributed by atoms with Crippen molar-refractivity contribution in [1.29, 1.82) is 0 Å². The number of hydrogen-bond acceptors (Lipinski definition) is 4. The number of anilines is 1. The van der Waals surface area contributed by atoms with Crippen molar-refractivity contribution in [2.75, 3.05) is 32.6 Å². The maximum absolute atomic E-state index is 12.7. The highest BCUT2D eigenvalue weighted by Crippen LogP contribution is 2.20. The summed E-state index contributed by atoms with van der Waals surface area (Å²) in [4.78, 5) is 26.2. The molecule has 6 heteroatoms. The van der Waals surface area contributed by atoms with Crippen molar-refractivity contribution in [3.05, 3.63) is 90.0 Å². The molecule has 0 aliphatic heterocycles. The molecule has 0 unspecified atom stereocenters. The number of nitrogens with one attached hydrogen (secondary N) is 1. The van der Waals surface area contributed by atoms with Crippen LogP contribution in [0.25, 0.3) is 0 Å². The van der Waals surface area contributed by atoms with Gasteiger partial charge in [0.25, 0.3) is 11.8 Å². The highest BCUT2D eigenvalue weighted by atomic mass is 16.5. The molecule has 1 N–H and O–H groups in total. The smallest absolute Gasteiger partial charge is 0.259 e. The molecule has 0 bridgehead atoms. The minimum Gasteiger partial charge on any atom is -0.490 e. The number of benzene rings is 3. The zero-order valence-electron chi connectivity index (χ0n) is 17.0. The Balaban J connectivity index is 1.59. The van der Waals surface area contributed by atoms with E-state index in [0.717, 1.165) is 5.75 Å². The Morgan fingerprint density at radius 1 is 0.800 bits per heavy atom. The summed E-state index contributed by atoms with van der Waals surface area (Å²) in [6.45, 7) is 0.669. The van der Waals surface area contributed by atoms with Gasteiger partial charge in [-0.3, -0.25) is 9.59 Å². The van der Waals surface area contributed by atoms with Gasteiger partial charge in [-0.25, -0.2) is 0 Å². The molecule has 0 aliphatic rings. The molecule has 0 spiro atoms. The molecule has 0 aliphatic carbocycles. The maximum Gasteiger partial charge on any atom is 0.259 e. The number of para-hydroxylation sites is 2. The normalized spacial score (nSPS) is 10.2. The van der Waals surface area contributed by atoms with Gasteiger partial charge in [0.05, 0.1) is 5.56 Å². The monoisotopic (exact) mass is 404 g/mol. The van der Waals surface area contributed by atoms with E-state index in [0.29, 0.717) is 35.8 Å². The molecule has 3 aromatic rings. The number of ether oxygens (including phenoxy) is 2. The first-order chi connectivity index (χ1) is 14.5. The number of rotatable bonds is 8. The van der Waals surface area contributed by atoms with Gasteiger partial charge in [-0.1, -0.05) is 30.3 Å². The predicted octanol–water partition coefficient (Wildman–Crippen LogP) is 4.10. The van der Waals surface area contributed by atoms with Crippen LogP contribution < -0.4 is 14.8 Å². The van der Waals surface area contributed by atoms with Crippen LogP contribution in [0.5, 0.6) is 11.5 Å². The molecule has 154 valence electrons. The van der Waals surface area contributed by atoms with E-state index in [4.69, 9.17) is 9.47 Å². The van der Waals surface area contributed by atoms with Gasteiger partial charge < -0.3 is 19.7 Å². The highest BCUT2D eigenvalue weighted by molar-refractivity contribution is 6.06. The largest absolute Gasteiger partial charge is 0.490 e. The molecule has 6 nitrogen and oxygen atoms in total. The van der Waals surface area contributed by atoms with Crippen molar-refractivity contribution in [3.63, 3.8) is 0 Å². The van der Waals surface area contributed by atoms with Crippen LogP contribution in [0, 0.1) is 0 Å². The van der Waals surface area contributed by atoms with Crippen molar-refractivity contribution in [3.8, 4) is 11.5 Å². The summed E-state index contributed by atoms with van der Waals surface area (Å²) in [5, 5.41) is 2.84. The lowest BCUT2D eigenvalue weighted by Gasteiger charge is -2.13. The zero-order valence-corrected chi connectivity index (χ0v) is 17.0. The Bertz CT molecular complexity index is 986. The fraction of sp³-hybridized carbons (Fsp3) is 0.167. The summed E-state index contributed by atoms with van der Waals surface area (Å²) in [7, 11) is 3.39.